The van der Waals surface area contributed by atoms with Gasteiger partial charge in [0.15, 0.2) is 0 Å². The number of benzene rings is 1. The second-order valence-electron chi connectivity index (χ2n) is 5.10. The second kappa shape index (κ2) is 5.42. The molecule has 0 spiro atoms. The number of anilines is 1. The van der Waals surface area contributed by atoms with Crippen molar-refractivity contribution < 1.29 is 4.79 Å². The summed E-state index contributed by atoms with van der Waals surface area (Å²) in [6.45, 7) is 3.75. The molecule has 1 aromatic heterocycles. The number of carbonyl (C=O) groups excluding carboxylic acids is 1. The van der Waals surface area contributed by atoms with Gasteiger partial charge >= 0.3 is 0 Å². The Balaban J connectivity index is 1.68. The molecular formula is C14H17N5O. The summed E-state index contributed by atoms with van der Waals surface area (Å²) in [6.07, 6.45) is 3.26. The average molecular weight is 271 g/mol. The van der Waals surface area contributed by atoms with Gasteiger partial charge in [-0.1, -0.05) is 6.92 Å². The molecule has 2 aromatic rings. The minimum absolute atomic E-state index is 0.0439. The van der Waals surface area contributed by atoms with E-state index >= 15 is 0 Å². The zero-order valence-electron chi connectivity index (χ0n) is 11.3. The van der Waals surface area contributed by atoms with E-state index < -0.39 is 0 Å². The maximum absolute atomic E-state index is 12.2. The van der Waals surface area contributed by atoms with Crippen LogP contribution >= 0.6 is 0 Å². The molecule has 0 bridgehead atoms. The molecule has 1 aliphatic rings. The lowest BCUT2D eigenvalue weighted by Crippen LogP contribution is -2.27. The van der Waals surface area contributed by atoms with Gasteiger partial charge in [-0.05, 0) is 36.7 Å². The quantitative estimate of drug-likeness (QED) is 0.875. The Kier molecular flexibility index (Phi) is 3.47. The van der Waals surface area contributed by atoms with Crippen molar-refractivity contribution in [2.45, 2.75) is 6.92 Å². The van der Waals surface area contributed by atoms with E-state index in [1.165, 1.54) is 4.80 Å². The number of amides is 1. The highest BCUT2D eigenvalue weighted by atomic mass is 16.1. The third kappa shape index (κ3) is 2.55. The number of nitrogens with one attached hydrogen (secondary N) is 2. The van der Waals surface area contributed by atoms with Crippen molar-refractivity contribution in [3.8, 4) is 5.69 Å². The number of hydrogen-bond donors (Lipinski definition) is 2. The summed E-state index contributed by atoms with van der Waals surface area (Å²) in [4.78, 5) is 13.7. The van der Waals surface area contributed by atoms with Crippen LogP contribution in [0.1, 0.15) is 6.92 Å². The summed E-state index contributed by atoms with van der Waals surface area (Å²) in [5.74, 6) is 0.498. The second-order valence-corrected chi connectivity index (χ2v) is 5.10. The summed E-state index contributed by atoms with van der Waals surface area (Å²) in [5.41, 5.74) is 1.66. The van der Waals surface area contributed by atoms with E-state index in [-0.39, 0.29) is 11.8 Å². The van der Waals surface area contributed by atoms with Crippen molar-refractivity contribution in [1.29, 1.82) is 0 Å². The van der Waals surface area contributed by atoms with Crippen molar-refractivity contribution in [2.75, 3.05) is 18.4 Å². The monoisotopic (exact) mass is 271 g/mol. The van der Waals surface area contributed by atoms with Gasteiger partial charge in [-0.15, -0.1) is 0 Å². The number of aromatic nitrogens is 3. The molecule has 2 atom stereocenters. The first-order valence-corrected chi connectivity index (χ1v) is 6.72. The molecule has 1 aromatic carbocycles. The molecule has 1 amide bonds. The predicted octanol–water partition coefficient (Wildman–Crippen LogP) is 1.06. The molecular weight excluding hydrogens is 254 g/mol. The van der Waals surface area contributed by atoms with Crippen LogP contribution in [0.15, 0.2) is 36.7 Å². The van der Waals surface area contributed by atoms with Gasteiger partial charge < -0.3 is 10.6 Å². The first-order chi connectivity index (χ1) is 9.74. The van der Waals surface area contributed by atoms with Gasteiger partial charge in [0.05, 0.1) is 24.0 Å². The third-order valence-electron chi connectivity index (χ3n) is 3.64. The van der Waals surface area contributed by atoms with E-state index in [4.69, 9.17) is 0 Å². The minimum Gasteiger partial charge on any atom is -0.326 e. The largest absolute Gasteiger partial charge is 0.326 e. The van der Waals surface area contributed by atoms with Gasteiger partial charge in [0.25, 0.3) is 0 Å². The molecule has 1 fully saturated rings. The molecule has 1 aliphatic heterocycles. The summed E-state index contributed by atoms with van der Waals surface area (Å²) >= 11 is 0. The minimum atomic E-state index is 0.0439. The predicted molar refractivity (Wildman–Crippen MR) is 75.5 cm³/mol. The fraction of sp³-hybridized carbons (Fsp3) is 0.357. The summed E-state index contributed by atoms with van der Waals surface area (Å²) < 4.78 is 0. The number of rotatable bonds is 3. The fourth-order valence-electron chi connectivity index (χ4n) is 2.42. The summed E-state index contributed by atoms with van der Waals surface area (Å²) in [6, 6.07) is 7.49. The van der Waals surface area contributed by atoms with Gasteiger partial charge in [0, 0.05) is 12.2 Å². The van der Waals surface area contributed by atoms with Crippen molar-refractivity contribution in [3.63, 3.8) is 0 Å². The van der Waals surface area contributed by atoms with Gasteiger partial charge in [0.2, 0.25) is 5.91 Å². The smallest absolute Gasteiger partial charge is 0.229 e. The van der Waals surface area contributed by atoms with Gasteiger partial charge in [-0.2, -0.15) is 15.0 Å². The zero-order valence-corrected chi connectivity index (χ0v) is 11.3. The lowest BCUT2D eigenvalue weighted by atomic mass is 9.97. The maximum atomic E-state index is 12.2. The molecule has 6 nitrogen and oxygen atoms in total. The zero-order chi connectivity index (χ0) is 13.9. The Morgan fingerprint density at radius 3 is 2.55 bits per heavy atom. The molecule has 2 heterocycles. The normalized spacial score (nSPS) is 21.9. The van der Waals surface area contributed by atoms with Crippen LogP contribution in [0.2, 0.25) is 0 Å². The lowest BCUT2D eigenvalue weighted by molar-refractivity contribution is -0.120. The maximum Gasteiger partial charge on any atom is 0.229 e. The average Bonchev–Trinajstić information content (AvgIpc) is 3.10. The lowest BCUT2D eigenvalue weighted by Gasteiger charge is -2.14. The Bertz CT molecular complexity index is 578. The van der Waals surface area contributed by atoms with Crippen molar-refractivity contribution in [3.05, 3.63) is 36.7 Å². The molecule has 6 heteroatoms. The van der Waals surface area contributed by atoms with Crippen molar-refractivity contribution in [1.82, 2.24) is 20.3 Å². The highest BCUT2D eigenvalue weighted by molar-refractivity contribution is 5.93. The Morgan fingerprint density at radius 2 is 1.95 bits per heavy atom. The molecule has 20 heavy (non-hydrogen) atoms. The highest BCUT2D eigenvalue weighted by Gasteiger charge is 2.29. The summed E-state index contributed by atoms with van der Waals surface area (Å²) in [7, 11) is 0. The van der Waals surface area contributed by atoms with Crippen molar-refractivity contribution in [2.24, 2.45) is 11.8 Å². The van der Waals surface area contributed by atoms with E-state index in [0.717, 1.165) is 24.5 Å². The molecule has 1 saturated heterocycles. The molecule has 0 radical (unpaired) electrons. The molecule has 2 unspecified atom stereocenters. The molecule has 3 rings (SSSR count). The van der Waals surface area contributed by atoms with Crippen LogP contribution in [0.4, 0.5) is 5.69 Å². The summed E-state index contributed by atoms with van der Waals surface area (Å²) in [5, 5.41) is 14.3. The van der Waals surface area contributed by atoms with Crippen LogP contribution in [0.5, 0.6) is 0 Å². The van der Waals surface area contributed by atoms with E-state index in [9.17, 15) is 4.79 Å². The van der Waals surface area contributed by atoms with E-state index in [0.29, 0.717) is 5.92 Å². The van der Waals surface area contributed by atoms with Gasteiger partial charge in [0.1, 0.15) is 0 Å². The highest BCUT2D eigenvalue weighted by Crippen LogP contribution is 2.19. The third-order valence-corrected chi connectivity index (χ3v) is 3.64. The fourth-order valence-corrected chi connectivity index (χ4v) is 2.42. The van der Waals surface area contributed by atoms with E-state index in [2.05, 4.69) is 27.8 Å². The van der Waals surface area contributed by atoms with Crippen molar-refractivity contribution >= 4 is 11.6 Å². The molecule has 0 saturated carbocycles. The Labute approximate surface area is 117 Å². The van der Waals surface area contributed by atoms with Crippen LogP contribution in [-0.4, -0.2) is 34.0 Å². The standard InChI is InChI=1S/C14H17N5O/c1-10-8-15-9-13(10)14(20)18-11-2-4-12(5-3-11)19-16-6-7-17-19/h2-7,10,13,15H,8-9H2,1H3,(H,18,20). The van der Waals surface area contributed by atoms with E-state index in [1.54, 1.807) is 12.4 Å². The first kappa shape index (κ1) is 12.8. The molecule has 2 N–H and O–H groups in total. The van der Waals surface area contributed by atoms with Gasteiger partial charge in [-0.25, -0.2) is 0 Å². The molecule has 0 aliphatic carbocycles. The van der Waals surface area contributed by atoms with Crippen LogP contribution in [0.3, 0.4) is 0 Å². The SMILES string of the molecule is CC1CNCC1C(=O)Nc1ccc(-n2nccn2)cc1. The first-order valence-electron chi connectivity index (χ1n) is 6.72. The van der Waals surface area contributed by atoms with Crippen LogP contribution < -0.4 is 10.6 Å². The van der Waals surface area contributed by atoms with Crippen LogP contribution in [0, 0.1) is 11.8 Å². The van der Waals surface area contributed by atoms with Crippen LogP contribution in [0.25, 0.3) is 5.69 Å². The van der Waals surface area contributed by atoms with E-state index in [1.807, 2.05) is 24.3 Å². The number of carbonyl (C=O) groups is 1. The number of nitrogens with zero attached hydrogens (tertiary/aromatic N) is 3. The van der Waals surface area contributed by atoms with Gasteiger partial charge in [-0.3, -0.25) is 4.79 Å². The Morgan fingerprint density at radius 1 is 1.25 bits per heavy atom. The molecule has 104 valence electrons. The van der Waals surface area contributed by atoms with Crippen LogP contribution in [-0.2, 0) is 4.79 Å². The number of hydrogen-bond acceptors (Lipinski definition) is 4. The Hall–Kier alpha value is -2.21. The topological polar surface area (TPSA) is 71.8 Å².